The lowest BCUT2D eigenvalue weighted by Gasteiger charge is -2.40. The summed E-state index contributed by atoms with van der Waals surface area (Å²) in [5.41, 5.74) is 0.558. The molecule has 0 unspecified atom stereocenters. The minimum absolute atomic E-state index is 0.197. The fourth-order valence-electron chi connectivity index (χ4n) is 4.83. The van der Waals surface area contributed by atoms with Crippen LogP contribution in [0.1, 0.15) is 55.3 Å². The first-order chi connectivity index (χ1) is 15.2. The van der Waals surface area contributed by atoms with Gasteiger partial charge in [-0.3, -0.25) is 9.30 Å². The lowest BCUT2D eigenvalue weighted by molar-refractivity contribution is -0.142. The lowest BCUT2D eigenvalue weighted by atomic mass is 9.74. The van der Waals surface area contributed by atoms with E-state index in [1.165, 1.54) is 16.5 Å². The third kappa shape index (κ3) is 4.12. The summed E-state index contributed by atoms with van der Waals surface area (Å²) in [5, 5.41) is 8.11. The van der Waals surface area contributed by atoms with E-state index >= 15 is 0 Å². The quantitative estimate of drug-likeness (QED) is 0.493. The molecule has 4 nitrogen and oxygen atoms in total. The van der Waals surface area contributed by atoms with E-state index in [1.54, 1.807) is 12.1 Å². The highest BCUT2D eigenvalue weighted by Crippen LogP contribution is 2.38. The molecule has 1 aliphatic heterocycles. The molecule has 8 heteroatoms. The minimum atomic E-state index is -4.49. The van der Waals surface area contributed by atoms with Crippen LogP contribution in [0.5, 0.6) is 0 Å². The average Bonchev–Trinajstić information content (AvgIpc) is 3.48. The number of aromatic nitrogens is 3. The number of nitrogens with zero attached hydrogens (tertiary/aromatic N) is 4. The van der Waals surface area contributed by atoms with Crippen molar-refractivity contribution in [3.8, 4) is 0 Å². The highest BCUT2D eigenvalue weighted by Gasteiger charge is 2.37. The molecular formula is C24H26F4N4. The van der Waals surface area contributed by atoms with Gasteiger partial charge in [-0.05, 0) is 79.4 Å². The average molecular weight is 446 g/mol. The lowest BCUT2D eigenvalue weighted by Crippen LogP contribution is -2.41. The summed E-state index contributed by atoms with van der Waals surface area (Å²) in [6.07, 6.45) is -0.383. The molecule has 0 N–H and O–H groups in total. The molecule has 1 saturated heterocycles. The maximum absolute atomic E-state index is 14.3. The van der Waals surface area contributed by atoms with Crippen LogP contribution in [0.3, 0.4) is 0 Å². The fraction of sp³-hybridized carbons (Fsp3) is 0.500. The van der Waals surface area contributed by atoms with Gasteiger partial charge in [-0.15, -0.1) is 10.2 Å². The molecule has 0 atom stereocenters. The topological polar surface area (TPSA) is 33.4 Å². The SMILES string of the molecule is CC1(c2ccccc2F)CCN(Cc2cc(C(F)(F)F)n3c(CC4CC4)nnc3c2)CC1. The van der Waals surface area contributed by atoms with E-state index in [0.717, 1.165) is 25.7 Å². The van der Waals surface area contributed by atoms with Crippen LogP contribution >= 0.6 is 0 Å². The molecule has 1 aliphatic carbocycles. The van der Waals surface area contributed by atoms with Crippen molar-refractivity contribution in [1.29, 1.82) is 0 Å². The van der Waals surface area contributed by atoms with Gasteiger partial charge in [0.25, 0.3) is 0 Å². The summed E-state index contributed by atoms with van der Waals surface area (Å²) >= 11 is 0. The monoisotopic (exact) mass is 446 g/mol. The molecule has 0 bridgehead atoms. The molecule has 1 aromatic carbocycles. The van der Waals surface area contributed by atoms with Gasteiger partial charge in [0.2, 0.25) is 0 Å². The van der Waals surface area contributed by atoms with Gasteiger partial charge < -0.3 is 0 Å². The van der Waals surface area contributed by atoms with Crippen molar-refractivity contribution >= 4 is 5.65 Å². The summed E-state index contributed by atoms with van der Waals surface area (Å²) in [6.45, 7) is 3.85. The van der Waals surface area contributed by atoms with Crippen molar-refractivity contribution in [2.45, 2.75) is 57.2 Å². The predicted molar refractivity (Wildman–Crippen MR) is 113 cm³/mol. The number of benzene rings is 1. The van der Waals surface area contributed by atoms with Crippen molar-refractivity contribution in [2.24, 2.45) is 5.92 Å². The van der Waals surface area contributed by atoms with E-state index in [1.807, 2.05) is 12.1 Å². The van der Waals surface area contributed by atoms with E-state index in [2.05, 4.69) is 22.0 Å². The van der Waals surface area contributed by atoms with Crippen molar-refractivity contribution in [3.63, 3.8) is 0 Å². The molecule has 0 radical (unpaired) electrons. The number of piperidine rings is 1. The number of alkyl halides is 3. The second kappa shape index (κ2) is 7.83. The van der Waals surface area contributed by atoms with Crippen molar-refractivity contribution in [1.82, 2.24) is 19.5 Å². The van der Waals surface area contributed by atoms with Gasteiger partial charge >= 0.3 is 6.18 Å². The molecule has 2 aromatic heterocycles. The van der Waals surface area contributed by atoms with Crippen LogP contribution in [-0.2, 0) is 24.6 Å². The summed E-state index contributed by atoms with van der Waals surface area (Å²) in [4.78, 5) is 2.13. The molecule has 3 aromatic rings. The highest BCUT2D eigenvalue weighted by atomic mass is 19.4. The molecular weight excluding hydrogens is 420 g/mol. The second-order valence-electron chi connectivity index (χ2n) is 9.52. The van der Waals surface area contributed by atoms with E-state index in [4.69, 9.17) is 0 Å². The van der Waals surface area contributed by atoms with Crippen LogP contribution in [0.2, 0.25) is 0 Å². The van der Waals surface area contributed by atoms with Crippen molar-refractivity contribution in [2.75, 3.05) is 13.1 Å². The van der Waals surface area contributed by atoms with E-state index in [9.17, 15) is 17.6 Å². The van der Waals surface area contributed by atoms with Gasteiger partial charge in [-0.1, -0.05) is 25.1 Å². The Morgan fingerprint density at radius 1 is 1.06 bits per heavy atom. The van der Waals surface area contributed by atoms with E-state index < -0.39 is 11.9 Å². The Kier molecular flexibility index (Phi) is 5.23. The Hall–Kier alpha value is -2.48. The Morgan fingerprint density at radius 3 is 2.44 bits per heavy atom. The first-order valence-electron chi connectivity index (χ1n) is 11.1. The second-order valence-corrected chi connectivity index (χ2v) is 9.52. The fourth-order valence-corrected chi connectivity index (χ4v) is 4.83. The standard InChI is InChI=1S/C24H26F4N4/c1-23(18-4-2-3-5-19(18)25)8-10-31(11-9-23)15-17-12-20(24(26,27)28)32-21(13-16-6-7-16)29-30-22(32)14-17/h2-5,12,14,16H,6-11,13,15H2,1H3. The Bertz CT molecular complexity index is 1120. The summed E-state index contributed by atoms with van der Waals surface area (Å²) in [5.74, 6) is 0.609. The number of hydrogen-bond donors (Lipinski definition) is 0. The molecule has 0 amide bonds. The van der Waals surface area contributed by atoms with E-state index in [0.29, 0.717) is 48.9 Å². The summed E-state index contributed by atoms with van der Waals surface area (Å²) in [7, 11) is 0. The first-order valence-corrected chi connectivity index (χ1v) is 11.1. The third-order valence-corrected chi connectivity index (χ3v) is 6.98. The Labute approximate surface area is 184 Å². The maximum Gasteiger partial charge on any atom is 0.431 e. The van der Waals surface area contributed by atoms with Gasteiger partial charge in [-0.25, -0.2) is 4.39 Å². The van der Waals surface area contributed by atoms with Crippen LogP contribution in [-0.4, -0.2) is 32.6 Å². The predicted octanol–water partition coefficient (Wildman–Crippen LogP) is 5.39. The molecule has 5 rings (SSSR count). The van der Waals surface area contributed by atoms with Gasteiger partial charge in [0.05, 0.1) is 0 Å². The van der Waals surface area contributed by atoms with Gasteiger partial charge in [0.1, 0.15) is 17.3 Å². The highest BCUT2D eigenvalue weighted by molar-refractivity contribution is 5.45. The normalized spacial score (nSPS) is 19.5. The zero-order chi connectivity index (χ0) is 22.5. The summed E-state index contributed by atoms with van der Waals surface area (Å²) in [6, 6.07) is 9.79. The Balaban J connectivity index is 1.36. The van der Waals surface area contributed by atoms with Crippen LogP contribution in [0.15, 0.2) is 36.4 Å². The van der Waals surface area contributed by atoms with E-state index in [-0.39, 0.29) is 16.9 Å². The maximum atomic E-state index is 14.3. The first kappa shape index (κ1) is 21.4. The molecule has 32 heavy (non-hydrogen) atoms. The van der Waals surface area contributed by atoms with Crippen LogP contribution in [0.4, 0.5) is 17.6 Å². The van der Waals surface area contributed by atoms with Crippen LogP contribution in [0.25, 0.3) is 5.65 Å². The number of likely N-dealkylation sites (tertiary alicyclic amines) is 1. The zero-order valence-corrected chi connectivity index (χ0v) is 18.0. The van der Waals surface area contributed by atoms with Crippen LogP contribution in [0, 0.1) is 11.7 Å². The number of pyridine rings is 1. The number of rotatable bonds is 5. The number of fused-ring (bicyclic) bond motifs is 1. The molecule has 2 fully saturated rings. The molecule has 1 saturated carbocycles. The van der Waals surface area contributed by atoms with Gasteiger partial charge in [0, 0.05) is 13.0 Å². The molecule has 2 aliphatic rings. The van der Waals surface area contributed by atoms with Gasteiger partial charge in [-0.2, -0.15) is 13.2 Å². The minimum Gasteiger partial charge on any atom is -0.299 e. The zero-order valence-electron chi connectivity index (χ0n) is 18.0. The number of halogens is 4. The summed E-state index contributed by atoms with van der Waals surface area (Å²) < 4.78 is 57.2. The van der Waals surface area contributed by atoms with Crippen LogP contribution < -0.4 is 0 Å². The smallest absolute Gasteiger partial charge is 0.299 e. The largest absolute Gasteiger partial charge is 0.431 e. The molecule has 0 spiro atoms. The third-order valence-electron chi connectivity index (χ3n) is 6.98. The molecule has 3 heterocycles. The number of hydrogen-bond acceptors (Lipinski definition) is 3. The van der Waals surface area contributed by atoms with Crippen molar-refractivity contribution in [3.05, 3.63) is 64.9 Å². The van der Waals surface area contributed by atoms with Crippen molar-refractivity contribution < 1.29 is 17.6 Å². The Morgan fingerprint density at radius 2 is 1.78 bits per heavy atom. The molecule has 170 valence electrons. The van der Waals surface area contributed by atoms with Gasteiger partial charge in [0.15, 0.2) is 5.65 Å².